The lowest BCUT2D eigenvalue weighted by Crippen LogP contribution is -2.02. The molecule has 4 heteroatoms. The second kappa shape index (κ2) is 2.70. The molecular weight excluding hydrogens is 188 g/mol. The van der Waals surface area contributed by atoms with Crippen molar-refractivity contribution >= 4 is 22.5 Å². The molecule has 0 amide bonds. The SMILES string of the molecule is Cc1cnc2c3ccccc3nc(N)n12. The van der Waals surface area contributed by atoms with Gasteiger partial charge in [0.2, 0.25) is 5.95 Å². The maximum Gasteiger partial charge on any atom is 0.206 e. The summed E-state index contributed by atoms with van der Waals surface area (Å²) in [6.07, 6.45) is 1.81. The maximum absolute atomic E-state index is 5.88. The minimum atomic E-state index is 0.485. The molecule has 0 saturated carbocycles. The number of benzene rings is 1. The molecule has 15 heavy (non-hydrogen) atoms. The van der Waals surface area contributed by atoms with E-state index in [2.05, 4.69) is 9.97 Å². The molecule has 1 aromatic carbocycles. The molecule has 0 aliphatic heterocycles. The molecule has 0 aliphatic rings. The summed E-state index contributed by atoms with van der Waals surface area (Å²) in [5, 5.41) is 1.03. The molecule has 2 N–H and O–H groups in total. The number of imidazole rings is 1. The second-order valence-corrected chi connectivity index (χ2v) is 3.55. The van der Waals surface area contributed by atoms with Gasteiger partial charge in [0.05, 0.1) is 5.52 Å². The first-order valence-corrected chi connectivity index (χ1v) is 4.75. The van der Waals surface area contributed by atoms with E-state index >= 15 is 0 Å². The molecule has 0 unspecified atom stereocenters. The predicted octanol–water partition coefficient (Wildman–Crippen LogP) is 1.77. The second-order valence-electron chi connectivity index (χ2n) is 3.55. The van der Waals surface area contributed by atoms with Gasteiger partial charge in [0, 0.05) is 17.3 Å². The van der Waals surface area contributed by atoms with Crippen molar-refractivity contribution < 1.29 is 0 Å². The molecule has 4 nitrogen and oxygen atoms in total. The van der Waals surface area contributed by atoms with Crippen LogP contribution in [-0.2, 0) is 0 Å². The zero-order valence-corrected chi connectivity index (χ0v) is 8.31. The van der Waals surface area contributed by atoms with E-state index < -0.39 is 0 Å². The van der Waals surface area contributed by atoms with E-state index in [4.69, 9.17) is 5.73 Å². The molecule has 74 valence electrons. The zero-order valence-electron chi connectivity index (χ0n) is 8.31. The molecule has 2 heterocycles. The van der Waals surface area contributed by atoms with Gasteiger partial charge in [0.15, 0.2) is 0 Å². The van der Waals surface area contributed by atoms with E-state index in [1.165, 1.54) is 0 Å². The molecule has 3 rings (SSSR count). The van der Waals surface area contributed by atoms with Gasteiger partial charge in [-0.15, -0.1) is 0 Å². The Kier molecular flexibility index (Phi) is 1.48. The van der Waals surface area contributed by atoms with E-state index in [9.17, 15) is 0 Å². The van der Waals surface area contributed by atoms with Gasteiger partial charge in [-0.2, -0.15) is 0 Å². The van der Waals surface area contributed by atoms with Crippen molar-refractivity contribution in [2.45, 2.75) is 6.92 Å². The Morgan fingerprint density at radius 2 is 2.07 bits per heavy atom. The van der Waals surface area contributed by atoms with Crippen LogP contribution in [0.25, 0.3) is 16.6 Å². The summed E-state index contributed by atoms with van der Waals surface area (Å²) in [6.45, 7) is 1.97. The summed E-state index contributed by atoms with van der Waals surface area (Å²) in [5.74, 6) is 0.485. The molecule has 2 aromatic heterocycles. The fraction of sp³-hybridized carbons (Fsp3) is 0.0909. The smallest absolute Gasteiger partial charge is 0.206 e. The number of nitrogens with two attached hydrogens (primary N) is 1. The van der Waals surface area contributed by atoms with Gasteiger partial charge in [-0.25, -0.2) is 9.97 Å². The van der Waals surface area contributed by atoms with E-state index in [1.807, 2.05) is 35.6 Å². The number of nitrogen functional groups attached to an aromatic ring is 1. The minimum Gasteiger partial charge on any atom is -0.369 e. The van der Waals surface area contributed by atoms with Gasteiger partial charge in [-0.1, -0.05) is 12.1 Å². The third kappa shape index (κ3) is 1.01. The van der Waals surface area contributed by atoms with Crippen LogP contribution in [0.1, 0.15) is 5.69 Å². The Bertz CT molecular complexity index is 654. The van der Waals surface area contributed by atoms with Crippen molar-refractivity contribution in [1.82, 2.24) is 14.4 Å². The van der Waals surface area contributed by atoms with E-state index in [0.717, 1.165) is 22.2 Å². The molecule has 0 atom stereocenters. The van der Waals surface area contributed by atoms with Gasteiger partial charge in [0.1, 0.15) is 5.65 Å². The number of fused-ring (bicyclic) bond motifs is 3. The van der Waals surface area contributed by atoms with Crippen LogP contribution in [0.15, 0.2) is 30.5 Å². The van der Waals surface area contributed by atoms with Crippen LogP contribution < -0.4 is 5.73 Å². The van der Waals surface area contributed by atoms with Crippen molar-refractivity contribution in [3.8, 4) is 0 Å². The summed E-state index contributed by atoms with van der Waals surface area (Å²) in [4.78, 5) is 8.69. The number of anilines is 1. The number of aryl methyl sites for hydroxylation is 1. The lowest BCUT2D eigenvalue weighted by Gasteiger charge is -2.04. The van der Waals surface area contributed by atoms with Crippen LogP contribution in [0, 0.1) is 6.92 Å². The van der Waals surface area contributed by atoms with Crippen LogP contribution in [-0.4, -0.2) is 14.4 Å². The first-order chi connectivity index (χ1) is 7.27. The molecule has 0 radical (unpaired) electrons. The third-order valence-electron chi connectivity index (χ3n) is 2.55. The van der Waals surface area contributed by atoms with E-state index in [-0.39, 0.29) is 0 Å². The Morgan fingerprint density at radius 3 is 2.93 bits per heavy atom. The average molecular weight is 198 g/mol. The monoisotopic (exact) mass is 198 g/mol. The van der Waals surface area contributed by atoms with Crippen molar-refractivity contribution in [3.05, 3.63) is 36.2 Å². The molecule has 3 aromatic rings. The molecule has 0 spiro atoms. The van der Waals surface area contributed by atoms with Crippen molar-refractivity contribution in [2.75, 3.05) is 5.73 Å². The largest absolute Gasteiger partial charge is 0.369 e. The van der Waals surface area contributed by atoms with Crippen molar-refractivity contribution in [2.24, 2.45) is 0 Å². The van der Waals surface area contributed by atoms with E-state index in [1.54, 1.807) is 6.20 Å². The summed E-state index contributed by atoms with van der Waals surface area (Å²) < 4.78 is 1.86. The highest BCUT2D eigenvalue weighted by Crippen LogP contribution is 2.20. The third-order valence-corrected chi connectivity index (χ3v) is 2.55. The van der Waals surface area contributed by atoms with Crippen molar-refractivity contribution in [1.29, 1.82) is 0 Å². The predicted molar refractivity (Wildman–Crippen MR) is 59.6 cm³/mol. The zero-order chi connectivity index (χ0) is 10.4. The topological polar surface area (TPSA) is 56.2 Å². The number of hydrogen-bond acceptors (Lipinski definition) is 3. The van der Waals surface area contributed by atoms with Gasteiger partial charge in [0.25, 0.3) is 0 Å². The molecule has 0 fully saturated rings. The van der Waals surface area contributed by atoms with Gasteiger partial charge >= 0.3 is 0 Å². The fourth-order valence-corrected chi connectivity index (χ4v) is 1.85. The normalized spacial score (nSPS) is 11.3. The summed E-state index contributed by atoms with van der Waals surface area (Å²) >= 11 is 0. The Hall–Kier alpha value is -2.10. The maximum atomic E-state index is 5.88. The lowest BCUT2D eigenvalue weighted by atomic mass is 10.2. The summed E-state index contributed by atoms with van der Waals surface area (Å²) in [6, 6.07) is 7.87. The summed E-state index contributed by atoms with van der Waals surface area (Å²) in [7, 11) is 0. The number of aromatic nitrogens is 3. The van der Waals surface area contributed by atoms with Crippen LogP contribution >= 0.6 is 0 Å². The average Bonchev–Trinajstić information content (AvgIpc) is 2.62. The van der Waals surface area contributed by atoms with Crippen molar-refractivity contribution in [3.63, 3.8) is 0 Å². The number of nitrogens with zero attached hydrogens (tertiary/aromatic N) is 3. The van der Waals surface area contributed by atoms with Crippen LogP contribution in [0.2, 0.25) is 0 Å². The Morgan fingerprint density at radius 1 is 1.27 bits per heavy atom. The molecular formula is C11H10N4. The van der Waals surface area contributed by atoms with Crippen LogP contribution in [0.4, 0.5) is 5.95 Å². The highest BCUT2D eigenvalue weighted by Gasteiger charge is 2.07. The van der Waals surface area contributed by atoms with E-state index in [0.29, 0.717) is 5.95 Å². The fourth-order valence-electron chi connectivity index (χ4n) is 1.85. The molecule has 0 aliphatic carbocycles. The van der Waals surface area contributed by atoms with Crippen LogP contribution in [0.5, 0.6) is 0 Å². The lowest BCUT2D eigenvalue weighted by molar-refractivity contribution is 1.08. The van der Waals surface area contributed by atoms with Crippen LogP contribution in [0.3, 0.4) is 0 Å². The quantitative estimate of drug-likeness (QED) is 0.599. The molecule has 0 saturated heterocycles. The number of para-hydroxylation sites is 1. The minimum absolute atomic E-state index is 0.485. The number of hydrogen-bond donors (Lipinski definition) is 1. The van der Waals surface area contributed by atoms with Gasteiger partial charge in [-0.3, -0.25) is 4.40 Å². The highest BCUT2D eigenvalue weighted by molar-refractivity contribution is 5.92. The first kappa shape index (κ1) is 8.23. The Labute approximate surface area is 86.4 Å². The highest BCUT2D eigenvalue weighted by atomic mass is 15.1. The van der Waals surface area contributed by atoms with Gasteiger partial charge < -0.3 is 5.73 Å². The van der Waals surface area contributed by atoms with Gasteiger partial charge in [-0.05, 0) is 19.1 Å². The first-order valence-electron chi connectivity index (χ1n) is 4.75. The Balaban J connectivity index is 2.65. The standard InChI is InChI=1S/C11H10N4/c1-7-6-13-10-8-4-2-3-5-9(8)14-11(12)15(7)10/h2-6H,1H3,(H2,12,14). The molecule has 0 bridgehead atoms. The summed E-state index contributed by atoms with van der Waals surface area (Å²) in [5.41, 5.74) is 8.63. The number of rotatable bonds is 0.